The van der Waals surface area contributed by atoms with E-state index in [4.69, 9.17) is 9.84 Å². The van der Waals surface area contributed by atoms with Gasteiger partial charge in [-0.15, -0.1) is 0 Å². The molecule has 0 saturated heterocycles. The molecule has 0 heterocycles. The molecule has 0 fully saturated rings. The van der Waals surface area contributed by atoms with Gasteiger partial charge in [0.1, 0.15) is 0 Å². The highest BCUT2D eigenvalue weighted by Crippen LogP contribution is 2.07. The lowest BCUT2D eigenvalue weighted by Gasteiger charge is -2.22. The van der Waals surface area contributed by atoms with E-state index in [1.54, 1.807) is 20.8 Å². The lowest BCUT2D eigenvalue weighted by Crippen LogP contribution is -2.45. The second kappa shape index (κ2) is 5.55. The van der Waals surface area contributed by atoms with Crippen molar-refractivity contribution in [3.05, 3.63) is 0 Å². The van der Waals surface area contributed by atoms with E-state index in [-0.39, 0.29) is 6.61 Å². The van der Waals surface area contributed by atoms with Crippen LogP contribution in [0, 0.1) is 0 Å². The van der Waals surface area contributed by atoms with Gasteiger partial charge in [-0.2, -0.15) is 0 Å². The second-order valence-corrected chi connectivity index (χ2v) is 3.95. The summed E-state index contributed by atoms with van der Waals surface area (Å²) in [5.74, 6) is -1.16. The molecule has 2 N–H and O–H groups in total. The van der Waals surface area contributed by atoms with Crippen LogP contribution in [0.4, 0.5) is 4.79 Å². The minimum absolute atomic E-state index is 0.103. The van der Waals surface area contributed by atoms with E-state index in [0.717, 1.165) is 0 Å². The highest BCUT2D eigenvalue weighted by atomic mass is 16.5. The predicted octanol–water partition coefficient (Wildman–Crippen LogP) is 0.611. The van der Waals surface area contributed by atoms with Crippen LogP contribution in [-0.2, 0) is 14.3 Å². The molecular formula is C9H17NO5. The van der Waals surface area contributed by atoms with Crippen LogP contribution in [0.1, 0.15) is 20.8 Å². The molecule has 0 spiro atoms. The van der Waals surface area contributed by atoms with Gasteiger partial charge in [0.25, 0.3) is 0 Å². The van der Waals surface area contributed by atoms with Crippen LogP contribution in [-0.4, -0.2) is 42.5 Å². The first-order valence-corrected chi connectivity index (χ1v) is 4.47. The standard InChI is InChI=1S/C9H17NO5/c1-9(2,3)15-5-6(7(11)12)10-8(13)14-4/h6H,5H2,1-4H3,(H,10,13)(H,11,12). The van der Waals surface area contributed by atoms with Crippen LogP contribution in [0.3, 0.4) is 0 Å². The zero-order valence-electron chi connectivity index (χ0n) is 9.36. The van der Waals surface area contributed by atoms with Crippen molar-refractivity contribution in [3.8, 4) is 0 Å². The lowest BCUT2D eigenvalue weighted by atomic mass is 10.2. The number of carbonyl (C=O) groups is 2. The molecule has 88 valence electrons. The van der Waals surface area contributed by atoms with Gasteiger partial charge in [0.05, 0.1) is 19.3 Å². The molecule has 1 amide bonds. The molecule has 6 nitrogen and oxygen atoms in total. The van der Waals surface area contributed by atoms with Crippen molar-refractivity contribution >= 4 is 12.1 Å². The molecule has 0 aliphatic rings. The highest BCUT2D eigenvalue weighted by molar-refractivity contribution is 5.79. The molecule has 0 radical (unpaired) electrons. The van der Waals surface area contributed by atoms with Gasteiger partial charge in [0, 0.05) is 0 Å². The quantitative estimate of drug-likeness (QED) is 0.723. The Morgan fingerprint density at radius 1 is 1.40 bits per heavy atom. The number of ether oxygens (including phenoxy) is 2. The van der Waals surface area contributed by atoms with Gasteiger partial charge in [-0.25, -0.2) is 9.59 Å². The minimum atomic E-state index is -1.16. The molecule has 1 atom stereocenters. The van der Waals surface area contributed by atoms with Gasteiger partial charge in [0.2, 0.25) is 0 Å². The average molecular weight is 219 g/mol. The van der Waals surface area contributed by atoms with Crippen LogP contribution in [0.25, 0.3) is 0 Å². The fourth-order valence-electron chi connectivity index (χ4n) is 0.709. The van der Waals surface area contributed by atoms with Gasteiger partial charge in [0.15, 0.2) is 6.04 Å². The first-order chi connectivity index (χ1) is 6.76. The summed E-state index contributed by atoms with van der Waals surface area (Å²) in [7, 11) is 1.17. The highest BCUT2D eigenvalue weighted by Gasteiger charge is 2.23. The largest absolute Gasteiger partial charge is 0.480 e. The van der Waals surface area contributed by atoms with Crippen LogP contribution >= 0.6 is 0 Å². The fraction of sp³-hybridized carbons (Fsp3) is 0.778. The number of alkyl carbamates (subject to hydrolysis) is 1. The normalized spacial score (nSPS) is 13.1. The van der Waals surface area contributed by atoms with Crippen molar-refractivity contribution < 1.29 is 24.2 Å². The molecule has 0 aliphatic heterocycles. The summed E-state index contributed by atoms with van der Waals surface area (Å²) < 4.78 is 9.54. The molecule has 0 aromatic heterocycles. The third-order valence-corrected chi connectivity index (χ3v) is 1.46. The zero-order chi connectivity index (χ0) is 12.1. The van der Waals surface area contributed by atoms with E-state index in [2.05, 4.69) is 10.1 Å². The van der Waals surface area contributed by atoms with Gasteiger partial charge in [-0.05, 0) is 20.8 Å². The Labute approximate surface area is 88.6 Å². The van der Waals surface area contributed by atoms with Crippen LogP contribution in [0.2, 0.25) is 0 Å². The van der Waals surface area contributed by atoms with E-state index in [0.29, 0.717) is 0 Å². The molecule has 0 saturated carbocycles. The van der Waals surface area contributed by atoms with Crippen LogP contribution < -0.4 is 5.32 Å². The lowest BCUT2D eigenvalue weighted by molar-refractivity contribution is -0.142. The van der Waals surface area contributed by atoms with E-state index in [1.165, 1.54) is 7.11 Å². The van der Waals surface area contributed by atoms with Crippen molar-refractivity contribution in [2.24, 2.45) is 0 Å². The molecule has 1 unspecified atom stereocenters. The number of methoxy groups -OCH3 is 1. The summed E-state index contributed by atoms with van der Waals surface area (Å²) in [5.41, 5.74) is -0.453. The first-order valence-electron chi connectivity index (χ1n) is 4.47. The average Bonchev–Trinajstić information content (AvgIpc) is 2.09. The van der Waals surface area contributed by atoms with Gasteiger partial charge in [-0.3, -0.25) is 0 Å². The third-order valence-electron chi connectivity index (χ3n) is 1.46. The minimum Gasteiger partial charge on any atom is -0.480 e. The van der Waals surface area contributed by atoms with Crippen molar-refractivity contribution in [1.82, 2.24) is 5.32 Å². The van der Waals surface area contributed by atoms with Crippen LogP contribution in [0.15, 0.2) is 0 Å². The maximum Gasteiger partial charge on any atom is 0.407 e. The summed E-state index contributed by atoms with van der Waals surface area (Å²) in [5, 5.41) is 10.9. The number of hydrogen-bond acceptors (Lipinski definition) is 4. The maximum atomic E-state index is 10.8. The summed E-state index contributed by atoms with van der Waals surface area (Å²) >= 11 is 0. The number of carbonyl (C=O) groups excluding carboxylic acids is 1. The fourth-order valence-corrected chi connectivity index (χ4v) is 0.709. The molecule has 0 aromatic rings. The number of hydrogen-bond donors (Lipinski definition) is 2. The maximum absolute atomic E-state index is 10.8. The van der Waals surface area contributed by atoms with E-state index in [9.17, 15) is 9.59 Å². The van der Waals surface area contributed by atoms with E-state index >= 15 is 0 Å². The second-order valence-electron chi connectivity index (χ2n) is 3.95. The zero-order valence-corrected chi connectivity index (χ0v) is 9.36. The molecular weight excluding hydrogens is 202 g/mol. The van der Waals surface area contributed by atoms with Crippen molar-refractivity contribution in [3.63, 3.8) is 0 Å². The topological polar surface area (TPSA) is 84.9 Å². The van der Waals surface area contributed by atoms with Gasteiger partial charge in [-0.1, -0.05) is 0 Å². The molecule has 0 aliphatic carbocycles. The Hall–Kier alpha value is -1.30. The van der Waals surface area contributed by atoms with Crippen LogP contribution in [0.5, 0.6) is 0 Å². The van der Waals surface area contributed by atoms with Crippen molar-refractivity contribution in [2.45, 2.75) is 32.4 Å². The summed E-state index contributed by atoms with van der Waals surface area (Å²) in [6, 6.07) is -1.10. The number of carboxylic acids is 1. The third kappa shape index (κ3) is 6.73. The molecule has 0 rings (SSSR count). The number of rotatable bonds is 4. The Kier molecular flexibility index (Phi) is 5.07. The Bertz CT molecular complexity index is 233. The SMILES string of the molecule is COC(=O)NC(COC(C)(C)C)C(=O)O. The summed E-state index contributed by atoms with van der Waals surface area (Å²) in [4.78, 5) is 21.5. The number of nitrogens with one attached hydrogen (secondary N) is 1. The van der Waals surface area contributed by atoms with E-state index in [1.807, 2.05) is 0 Å². The Balaban J connectivity index is 4.18. The number of aliphatic carboxylic acids is 1. The van der Waals surface area contributed by atoms with Gasteiger partial charge >= 0.3 is 12.1 Å². The molecule has 0 aromatic carbocycles. The number of carboxylic acid groups (broad SMARTS) is 1. The molecule has 15 heavy (non-hydrogen) atoms. The Morgan fingerprint density at radius 2 is 1.93 bits per heavy atom. The summed E-state index contributed by atoms with van der Waals surface area (Å²) in [6.45, 7) is 5.28. The van der Waals surface area contributed by atoms with Gasteiger partial charge < -0.3 is 19.9 Å². The molecule has 0 bridgehead atoms. The predicted molar refractivity (Wildman–Crippen MR) is 52.7 cm³/mol. The Morgan fingerprint density at radius 3 is 2.27 bits per heavy atom. The molecule has 6 heteroatoms. The number of amides is 1. The van der Waals surface area contributed by atoms with Crippen molar-refractivity contribution in [1.29, 1.82) is 0 Å². The first kappa shape index (κ1) is 13.7. The smallest absolute Gasteiger partial charge is 0.407 e. The monoisotopic (exact) mass is 219 g/mol. The van der Waals surface area contributed by atoms with E-state index < -0.39 is 23.7 Å². The van der Waals surface area contributed by atoms with Crippen molar-refractivity contribution in [2.75, 3.05) is 13.7 Å². The summed E-state index contributed by atoms with van der Waals surface area (Å²) in [6.07, 6.45) is -0.792.